The summed E-state index contributed by atoms with van der Waals surface area (Å²) in [5, 5.41) is 71.0. The van der Waals surface area contributed by atoms with E-state index in [1.54, 1.807) is 0 Å². The molecule has 0 amide bonds. The zero-order valence-corrected chi connectivity index (χ0v) is 12.7. The summed E-state index contributed by atoms with van der Waals surface area (Å²) in [6.45, 7) is -0.260. The third-order valence-electron chi connectivity index (χ3n) is 4.08. The fourth-order valence-corrected chi connectivity index (χ4v) is 2.59. The van der Waals surface area contributed by atoms with E-state index in [1.165, 1.54) is 0 Å². The highest BCUT2D eigenvalue weighted by atomic mass is 17.2. The number of aliphatic carboxylic acids is 1. The Kier molecular flexibility index (Phi) is 6.26. The van der Waals surface area contributed by atoms with Gasteiger partial charge in [-0.3, -0.25) is 20.3 Å². The number of carbonyl (C=O) groups is 2. The van der Waals surface area contributed by atoms with Crippen LogP contribution >= 0.6 is 0 Å². The number of aliphatic hydroxyl groups excluding tert-OH is 6. The van der Waals surface area contributed by atoms with Crippen LogP contribution in [0.15, 0.2) is 0 Å². The van der Waals surface area contributed by atoms with E-state index in [-0.39, 0.29) is 6.54 Å². The minimum Gasteiger partial charge on any atom is -0.480 e. The summed E-state index contributed by atoms with van der Waals surface area (Å²) in [5.74, 6) is -2.74. The summed E-state index contributed by atoms with van der Waals surface area (Å²) in [6.07, 6.45) is -11.9. The molecule has 2 aliphatic rings. The number of hydrogen-bond donors (Lipinski definition) is 9. The highest BCUT2D eigenvalue weighted by Gasteiger charge is 2.47. The lowest BCUT2D eigenvalue weighted by Crippen LogP contribution is -2.67. The molecule has 13 nitrogen and oxygen atoms in total. The maximum absolute atomic E-state index is 11.9. The van der Waals surface area contributed by atoms with Crippen molar-refractivity contribution in [1.29, 1.82) is 0 Å². The Morgan fingerprint density at radius 3 is 2.12 bits per heavy atom. The van der Waals surface area contributed by atoms with Gasteiger partial charge < -0.3 is 35.7 Å². The van der Waals surface area contributed by atoms with Gasteiger partial charge in [0.05, 0.1) is 6.10 Å². The molecule has 2 rings (SSSR count). The van der Waals surface area contributed by atoms with Crippen molar-refractivity contribution >= 4 is 11.9 Å². The van der Waals surface area contributed by atoms with Crippen LogP contribution in [0, 0.1) is 0 Å². The molecule has 0 saturated carbocycles. The van der Waals surface area contributed by atoms with Crippen LogP contribution in [-0.4, -0.2) is 109 Å². The fraction of sp³-hybridized carbons (Fsp3) is 0.833. The molecular formula is C12H20N2O11. The first-order chi connectivity index (χ1) is 11.6. The van der Waals surface area contributed by atoms with Gasteiger partial charge in [0.1, 0.15) is 42.7 Å². The molecule has 0 aromatic rings. The average Bonchev–Trinajstić information content (AvgIpc) is 2.55. The Morgan fingerprint density at radius 1 is 0.880 bits per heavy atom. The molecule has 0 spiro atoms. The van der Waals surface area contributed by atoms with E-state index in [0.717, 1.165) is 0 Å². The lowest BCUT2D eigenvalue weighted by molar-refractivity contribution is -0.334. The molecule has 0 aromatic heterocycles. The number of hydrogen-bond acceptors (Lipinski definition) is 12. The van der Waals surface area contributed by atoms with Gasteiger partial charge in [0.15, 0.2) is 6.10 Å². The molecule has 9 unspecified atom stereocenters. The standard InChI is InChI=1S/C12H20N2O11/c15-2-1-13-3(11(21)22)6(17)9(2)24-25-12(23)4-5(16)7(18)8(19)10(20)14-4/h2-10,13-20H,1H2,(H,21,22). The number of rotatable bonds is 4. The molecule has 0 bridgehead atoms. The summed E-state index contributed by atoms with van der Waals surface area (Å²) in [7, 11) is 0. The summed E-state index contributed by atoms with van der Waals surface area (Å²) in [5.41, 5.74) is 0. The fourth-order valence-electron chi connectivity index (χ4n) is 2.59. The molecule has 2 aliphatic heterocycles. The van der Waals surface area contributed by atoms with Crippen molar-refractivity contribution in [2.75, 3.05) is 6.54 Å². The van der Waals surface area contributed by atoms with Crippen molar-refractivity contribution in [3.05, 3.63) is 0 Å². The Balaban J connectivity index is 1.97. The van der Waals surface area contributed by atoms with Crippen molar-refractivity contribution in [3.63, 3.8) is 0 Å². The van der Waals surface area contributed by atoms with Gasteiger partial charge in [0.25, 0.3) is 0 Å². The second-order valence-corrected chi connectivity index (χ2v) is 5.81. The largest absolute Gasteiger partial charge is 0.480 e. The van der Waals surface area contributed by atoms with Crippen LogP contribution < -0.4 is 10.6 Å². The van der Waals surface area contributed by atoms with Crippen LogP contribution in [0.25, 0.3) is 0 Å². The highest BCUT2D eigenvalue weighted by Crippen LogP contribution is 2.18. The van der Waals surface area contributed by atoms with Gasteiger partial charge in [-0.2, -0.15) is 4.89 Å². The molecule has 0 radical (unpaired) electrons. The third kappa shape index (κ3) is 4.05. The van der Waals surface area contributed by atoms with Crippen LogP contribution in [0.2, 0.25) is 0 Å². The SMILES string of the molecule is O=C(OOC1C(O)CNC(C(=O)O)C1O)C1NC(O)C(O)C(O)C1O. The molecule has 144 valence electrons. The molecule has 2 fully saturated rings. The van der Waals surface area contributed by atoms with Crippen molar-refractivity contribution < 1.29 is 55.1 Å². The van der Waals surface area contributed by atoms with Crippen LogP contribution in [-0.2, 0) is 19.4 Å². The van der Waals surface area contributed by atoms with Gasteiger partial charge in [0, 0.05) is 6.54 Å². The maximum atomic E-state index is 11.9. The van der Waals surface area contributed by atoms with Crippen molar-refractivity contribution in [2.24, 2.45) is 0 Å². The average molecular weight is 368 g/mol. The van der Waals surface area contributed by atoms with Gasteiger partial charge in [-0.15, -0.1) is 0 Å². The van der Waals surface area contributed by atoms with Crippen LogP contribution in [0.1, 0.15) is 0 Å². The van der Waals surface area contributed by atoms with E-state index in [0.29, 0.717) is 0 Å². The summed E-state index contributed by atoms with van der Waals surface area (Å²) in [6, 6.07) is -3.15. The second-order valence-electron chi connectivity index (χ2n) is 5.81. The zero-order valence-electron chi connectivity index (χ0n) is 12.7. The minimum absolute atomic E-state index is 0.260. The molecule has 0 aliphatic carbocycles. The maximum Gasteiger partial charge on any atom is 0.361 e. The third-order valence-corrected chi connectivity index (χ3v) is 4.08. The molecule has 2 heterocycles. The second kappa shape index (κ2) is 7.86. The smallest absolute Gasteiger partial charge is 0.361 e. The van der Waals surface area contributed by atoms with E-state index in [4.69, 9.17) is 5.11 Å². The normalized spacial score (nSPS) is 45.0. The number of aliphatic hydroxyl groups is 6. The van der Waals surface area contributed by atoms with E-state index >= 15 is 0 Å². The zero-order chi connectivity index (χ0) is 18.9. The van der Waals surface area contributed by atoms with Crippen LogP contribution in [0.4, 0.5) is 0 Å². The van der Waals surface area contributed by atoms with Gasteiger partial charge >= 0.3 is 11.9 Å². The first kappa shape index (κ1) is 19.9. The summed E-state index contributed by atoms with van der Waals surface area (Å²) < 4.78 is 0. The van der Waals surface area contributed by atoms with Crippen molar-refractivity contribution in [2.45, 2.75) is 54.9 Å². The van der Waals surface area contributed by atoms with Crippen LogP contribution in [0.5, 0.6) is 0 Å². The summed E-state index contributed by atoms with van der Waals surface area (Å²) >= 11 is 0. The number of carboxylic acids is 1. The van der Waals surface area contributed by atoms with E-state index < -0.39 is 66.9 Å². The van der Waals surface area contributed by atoms with E-state index in [2.05, 4.69) is 20.4 Å². The highest BCUT2D eigenvalue weighted by molar-refractivity contribution is 5.76. The number of nitrogens with one attached hydrogen (secondary N) is 2. The molecule has 2 saturated heterocycles. The Bertz CT molecular complexity index is 505. The summed E-state index contributed by atoms with van der Waals surface area (Å²) in [4.78, 5) is 31.9. The Labute approximate surface area is 140 Å². The van der Waals surface area contributed by atoms with Crippen LogP contribution in [0.3, 0.4) is 0 Å². The lowest BCUT2D eigenvalue weighted by Gasteiger charge is -2.38. The molecule has 25 heavy (non-hydrogen) atoms. The van der Waals surface area contributed by atoms with Gasteiger partial charge in [0.2, 0.25) is 0 Å². The lowest BCUT2D eigenvalue weighted by atomic mass is 9.95. The first-order valence-electron chi connectivity index (χ1n) is 7.33. The molecule has 9 atom stereocenters. The first-order valence-corrected chi connectivity index (χ1v) is 7.33. The quantitative estimate of drug-likeness (QED) is 0.167. The van der Waals surface area contributed by atoms with Crippen molar-refractivity contribution in [3.8, 4) is 0 Å². The Hall–Kier alpha value is -1.42. The van der Waals surface area contributed by atoms with Gasteiger partial charge in [-0.25, -0.2) is 4.79 Å². The predicted molar refractivity (Wildman–Crippen MR) is 73.4 cm³/mol. The van der Waals surface area contributed by atoms with Gasteiger partial charge in [-0.05, 0) is 0 Å². The minimum atomic E-state index is -1.85. The molecule has 0 aromatic carbocycles. The molecule has 13 heteroatoms. The van der Waals surface area contributed by atoms with E-state index in [1.807, 2.05) is 0 Å². The van der Waals surface area contributed by atoms with E-state index in [9.17, 15) is 40.2 Å². The number of carbonyl (C=O) groups excluding carboxylic acids is 1. The Morgan fingerprint density at radius 2 is 1.52 bits per heavy atom. The van der Waals surface area contributed by atoms with Crippen molar-refractivity contribution in [1.82, 2.24) is 10.6 Å². The number of carboxylic acid groups (broad SMARTS) is 1. The number of piperidine rings is 2. The monoisotopic (exact) mass is 368 g/mol. The molecule has 9 N–H and O–H groups in total. The molecular weight excluding hydrogens is 348 g/mol. The topological polar surface area (TPSA) is 218 Å². The predicted octanol–water partition coefficient (Wildman–Crippen LogP) is -6.02. The van der Waals surface area contributed by atoms with Gasteiger partial charge in [-0.1, -0.05) is 0 Å². The number of β-amino-alcohol motifs (C(OH)–C–C–N with tert-alkyl or cyclic N) is 1.